The van der Waals surface area contributed by atoms with Gasteiger partial charge in [0.25, 0.3) is 0 Å². The van der Waals surface area contributed by atoms with Crippen molar-refractivity contribution in [1.82, 2.24) is 15.1 Å². The molecule has 1 N–H and O–H groups in total. The number of amides is 3. The maximum Gasteiger partial charge on any atom is 0.409 e. The van der Waals surface area contributed by atoms with Crippen molar-refractivity contribution in [3.8, 4) is 0 Å². The third kappa shape index (κ3) is 4.37. The standard InChI is InChI=1S/C17H24FN3O3/c1-4-24-16(23)21-11-9-20(10-12-21)15(22)19-17(2,3)13-5-7-14(18)8-6-13/h5-8H,4,9-12H2,1-3H3,(H,19,22). The number of hydrogen-bond donors (Lipinski definition) is 1. The minimum atomic E-state index is -0.622. The Morgan fingerprint density at radius 3 is 2.21 bits per heavy atom. The first-order valence-corrected chi connectivity index (χ1v) is 8.08. The Kier molecular flexibility index (Phi) is 5.64. The minimum Gasteiger partial charge on any atom is -0.450 e. The second kappa shape index (κ2) is 7.51. The average Bonchev–Trinajstić information content (AvgIpc) is 2.55. The Balaban J connectivity index is 1.91. The Bertz CT molecular complexity index is 581. The van der Waals surface area contributed by atoms with E-state index in [1.165, 1.54) is 12.1 Å². The van der Waals surface area contributed by atoms with Crippen LogP contribution in [0.3, 0.4) is 0 Å². The van der Waals surface area contributed by atoms with E-state index in [4.69, 9.17) is 4.74 Å². The van der Waals surface area contributed by atoms with Gasteiger partial charge < -0.3 is 19.9 Å². The lowest BCUT2D eigenvalue weighted by Crippen LogP contribution is -2.55. The molecule has 1 heterocycles. The van der Waals surface area contributed by atoms with Crippen LogP contribution in [0.15, 0.2) is 24.3 Å². The van der Waals surface area contributed by atoms with Gasteiger partial charge in [0.1, 0.15) is 5.82 Å². The van der Waals surface area contributed by atoms with E-state index >= 15 is 0 Å². The lowest BCUT2D eigenvalue weighted by atomic mass is 9.94. The first-order chi connectivity index (χ1) is 11.3. The Hall–Kier alpha value is -2.31. The fourth-order valence-electron chi connectivity index (χ4n) is 2.59. The lowest BCUT2D eigenvalue weighted by Gasteiger charge is -2.36. The molecule has 3 amide bonds. The number of nitrogens with zero attached hydrogens (tertiary/aromatic N) is 2. The number of halogens is 1. The summed E-state index contributed by atoms with van der Waals surface area (Å²) in [4.78, 5) is 27.4. The highest BCUT2D eigenvalue weighted by molar-refractivity contribution is 5.76. The molecule has 1 saturated heterocycles. The molecule has 0 saturated carbocycles. The van der Waals surface area contributed by atoms with E-state index in [0.717, 1.165) is 5.56 Å². The van der Waals surface area contributed by atoms with Crippen molar-refractivity contribution in [2.24, 2.45) is 0 Å². The molecule has 0 bridgehead atoms. The van der Waals surface area contributed by atoms with Crippen LogP contribution in [0.5, 0.6) is 0 Å². The molecule has 0 aromatic heterocycles. The molecule has 0 radical (unpaired) electrons. The van der Waals surface area contributed by atoms with E-state index in [1.807, 2.05) is 13.8 Å². The van der Waals surface area contributed by atoms with Crippen molar-refractivity contribution >= 4 is 12.1 Å². The van der Waals surface area contributed by atoms with Crippen LogP contribution in [0, 0.1) is 5.82 Å². The van der Waals surface area contributed by atoms with E-state index in [1.54, 1.807) is 28.9 Å². The number of hydrogen-bond acceptors (Lipinski definition) is 3. The molecular weight excluding hydrogens is 313 g/mol. The smallest absolute Gasteiger partial charge is 0.409 e. The SMILES string of the molecule is CCOC(=O)N1CCN(C(=O)NC(C)(C)c2ccc(F)cc2)CC1. The fourth-order valence-corrected chi connectivity index (χ4v) is 2.59. The van der Waals surface area contributed by atoms with E-state index in [-0.39, 0.29) is 17.9 Å². The van der Waals surface area contributed by atoms with Gasteiger partial charge >= 0.3 is 12.1 Å². The predicted octanol–water partition coefficient (Wildman–Crippen LogP) is 2.54. The highest BCUT2D eigenvalue weighted by atomic mass is 19.1. The highest BCUT2D eigenvalue weighted by Crippen LogP contribution is 2.21. The monoisotopic (exact) mass is 337 g/mol. The van der Waals surface area contributed by atoms with Gasteiger partial charge in [-0.25, -0.2) is 14.0 Å². The summed E-state index contributed by atoms with van der Waals surface area (Å²) in [5.74, 6) is -0.309. The molecule has 1 aliphatic heterocycles. The topological polar surface area (TPSA) is 61.9 Å². The Morgan fingerprint density at radius 2 is 1.67 bits per heavy atom. The number of carbonyl (C=O) groups excluding carboxylic acids is 2. The molecule has 0 atom stereocenters. The first kappa shape index (κ1) is 18.0. The van der Waals surface area contributed by atoms with Crippen LogP contribution >= 0.6 is 0 Å². The molecule has 0 unspecified atom stereocenters. The lowest BCUT2D eigenvalue weighted by molar-refractivity contribution is 0.0840. The molecule has 6 nitrogen and oxygen atoms in total. The molecule has 7 heteroatoms. The summed E-state index contributed by atoms with van der Waals surface area (Å²) in [5.41, 5.74) is 0.200. The van der Waals surface area contributed by atoms with Gasteiger partial charge in [0, 0.05) is 26.2 Å². The van der Waals surface area contributed by atoms with Crippen molar-refractivity contribution in [3.63, 3.8) is 0 Å². The Morgan fingerprint density at radius 1 is 1.12 bits per heavy atom. The number of nitrogens with one attached hydrogen (secondary N) is 1. The van der Waals surface area contributed by atoms with Crippen LogP contribution in [0.2, 0.25) is 0 Å². The summed E-state index contributed by atoms with van der Waals surface area (Å²) in [5, 5.41) is 2.96. The van der Waals surface area contributed by atoms with Gasteiger partial charge in [-0.3, -0.25) is 0 Å². The molecule has 0 aliphatic carbocycles. The zero-order valence-electron chi connectivity index (χ0n) is 14.3. The van der Waals surface area contributed by atoms with E-state index < -0.39 is 5.54 Å². The molecule has 1 aliphatic rings. The molecule has 1 aromatic carbocycles. The largest absolute Gasteiger partial charge is 0.450 e. The van der Waals surface area contributed by atoms with E-state index in [9.17, 15) is 14.0 Å². The van der Waals surface area contributed by atoms with Gasteiger partial charge in [-0.15, -0.1) is 0 Å². The van der Waals surface area contributed by atoms with Crippen LogP contribution in [0.25, 0.3) is 0 Å². The second-order valence-corrected chi connectivity index (χ2v) is 6.24. The number of benzene rings is 1. The van der Waals surface area contributed by atoms with Crippen molar-refractivity contribution < 1.29 is 18.7 Å². The highest BCUT2D eigenvalue weighted by Gasteiger charge is 2.29. The quantitative estimate of drug-likeness (QED) is 0.922. The molecule has 132 valence electrons. The van der Waals surface area contributed by atoms with Gasteiger partial charge in [0.15, 0.2) is 0 Å². The summed E-state index contributed by atoms with van der Waals surface area (Å²) in [7, 11) is 0. The van der Waals surface area contributed by atoms with Crippen LogP contribution in [0.4, 0.5) is 14.0 Å². The molecule has 2 rings (SSSR count). The summed E-state index contributed by atoms with van der Waals surface area (Å²) in [6, 6.07) is 5.87. The van der Waals surface area contributed by atoms with Gasteiger partial charge in [-0.05, 0) is 38.5 Å². The average molecular weight is 337 g/mol. The van der Waals surface area contributed by atoms with Crippen molar-refractivity contribution in [1.29, 1.82) is 0 Å². The molecular formula is C17H24FN3O3. The molecule has 1 aromatic rings. The third-order valence-corrected chi connectivity index (χ3v) is 4.08. The zero-order chi connectivity index (χ0) is 17.7. The summed E-state index contributed by atoms with van der Waals surface area (Å²) < 4.78 is 18.0. The third-order valence-electron chi connectivity index (χ3n) is 4.08. The summed E-state index contributed by atoms with van der Waals surface area (Å²) >= 11 is 0. The van der Waals surface area contributed by atoms with Gasteiger partial charge in [-0.2, -0.15) is 0 Å². The predicted molar refractivity (Wildman–Crippen MR) is 88.1 cm³/mol. The van der Waals surface area contributed by atoms with Crippen LogP contribution in [0.1, 0.15) is 26.3 Å². The minimum absolute atomic E-state index is 0.201. The Labute approximate surface area is 141 Å². The molecule has 24 heavy (non-hydrogen) atoms. The number of rotatable bonds is 3. The summed E-state index contributed by atoms with van der Waals surface area (Å²) in [6.45, 7) is 7.63. The van der Waals surface area contributed by atoms with Gasteiger partial charge in [0.05, 0.1) is 12.1 Å². The fraction of sp³-hybridized carbons (Fsp3) is 0.529. The van der Waals surface area contributed by atoms with Gasteiger partial charge in [-0.1, -0.05) is 12.1 Å². The number of urea groups is 1. The first-order valence-electron chi connectivity index (χ1n) is 8.08. The van der Waals surface area contributed by atoms with Crippen LogP contribution in [-0.2, 0) is 10.3 Å². The number of ether oxygens (including phenoxy) is 1. The maximum atomic E-state index is 13.0. The zero-order valence-corrected chi connectivity index (χ0v) is 14.3. The van der Waals surface area contributed by atoms with Crippen LogP contribution < -0.4 is 5.32 Å². The van der Waals surface area contributed by atoms with Gasteiger partial charge in [0.2, 0.25) is 0 Å². The summed E-state index contributed by atoms with van der Waals surface area (Å²) in [6.07, 6.45) is -0.343. The van der Waals surface area contributed by atoms with E-state index in [2.05, 4.69) is 5.32 Å². The number of carbonyl (C=O) groups is 2. The van der Waals surface area contributed by atoms with Crippen molar-refractivity contribution in [2.45, 2.75) is 26.3 Å². The normalized spacial score (nSPS) is 15.2. The van der Waals surface area contributed by atoms with E-state index in [0.29, 0.717) is 32.8 Å². The number of piperazine rings is 1. The van der Waals surface area contributed by atoms with Crippen molar-refractivity contribution in [3.05, 3.63) is 35.6 Å². The molecule has 1 fully saturated rings. The second-order valence-electron chi connectivity index (χ2n) is 6.24. The van der Waals surface area contributed by atoms with Crippen LogP contribution in [-0.4, -0.2) is 54.7 Å². The maximum absolute atomic E-state index is 13.0. The molecule has 0 spiro atoms. The van der Waals surface area contributed by atoms with Crippen molar-refractivity contribution in [2.75, 3.05) is 32.8 Å².